The van der Waals surface area contributed by atoms with Gasteiger partial charge in [0.2, 0.25) is 0 Å². The van der Waals surface area contributed by atoms with Crippen molar-refractivity contribution in [3.8, 4) is 11.5 Å². The Morgan fingerprint density at radius 3 is 2.21 bits per heavy atom. The number of ether oxygens (including phenoxy) is 1. The number of nitrogens with two attached hydrogens (primary N) is 1. The number of hydrogen-bond acceptors (Lipinski definition) is 6. The number of rotatable bonds is 5. The predicted octanol–water partition coefficient (Wildman–Crippen LogP) is 4.80. The second-order valence-corrected chi connectivity index (χ2v) is 10.8. The zero-order valence-corrected chi connectivity index (χ0v) is 20.5. The monoisotopic (exact) mass is 467 g/mol. The minimum Gasteiger partial charge on any atom is -0.456 e. The zero-order chi connectivity index (χ0) is 24.6. The summed E-state index contributed by atoms with van der Waals surface area (Å²) in [6.45, 7) is 12.0. The van der Waals surface area contributed by atoms with Gasteiger partial charge in [0, 0.05) is 0 Å². The molecular weight excluding hydrogens is 438 g/mol. The van der Waals surface area contributed by atoms with Crippen molar-refractivity contribution in [3.63, 3.8) is 0 Å². The van der Waals surface area contributed by atoms with Crippen LogP contribution in [0.15, 0.2) is 53.6 Å². The standard InChI is InChI=1S/C25H29N3O4S/c1-15-12-16(2)23(17(3)13-15)32-20-14-18(25(4,5)6)10-11-19(20)24(29)28-33(30,31)22-9-7-8-21(26)27-22/h7-14H,1-6H3,(H2,26,27)(H,28,29). The van der Waals surface area contributed by atoms with Crippen LogP contribution in [0.3, 0.4) is 0 Å². The topological polar surface area (TPSA) is 111 Å². The van der Waals surface area contributed by atoms with Crippen molar-refractivity contribution in [2.75, 3.05) is 5.73 Å². The molecule has 0 spiro atoms. The molecule has 0 saturated heterocycles. The third kappa shape index (κ3) is 5.51. The number of nitrogens with one attached hydrogen (secondary N) is 1. The Bertz CT molecular complexity index is 1300. The van der Waals surface area contributed by atoms with E-state index >= 15 is 0 Å². The van der Waals surface area contributed by atoms with Crippen molar-refractivity contribution in [3.05, 3.63) is 76.3 Å². The number of nitrogens with zero attached hydrogens (tertiary/aromatic N) is 1. The first-order valence-corrected chi connectivity index (χ1v) is 12.0. The van der Waals surface area contributed by atoms with E-state index in [0.717, 1.165) is 22.3 Å². The van der Waals surface area contributed by atoms with E-state index in [1.165, 1.54) is 18.2 Å². The van der Waals surface area contributed by atoms with Crippen molar-refractivity contribution >= 4 is 21.7 Å². The van der Waals surface area contributed by atoms with Crippen LogP contribution in [0, 0.1) is 20.8 Å². The summed E-state index contributed by atoms with van der Waals surface area (Å²) < 4.78 is 33.7. The molecule has 3 N–H and O–H groups in total. The molecule has 1 heterocycles. The maximum atomic E-state index is 13.1. The Balaban J connectivity index is 2.05. The number of carbonyl (C=O) groups excluding carboxylic acids is 1. The van der Waals surface area contributed by atoms with Gasteiger partial charge >= 0.3 is 0 Å². The lowest BCUT2D eigenvalue weighted by atomic mass is 9.86. The first-order valence-electron chi connectivity index (χ1n) is 10.5. The van der Waals surface area contributed by atoms with Gasteiger partial charge in [-0.25, -0.2) is 9.71 Å². The molecule has 1 aromatic heterocycles. The van der Waals surface area contributed by atoms with Gasteiger partial charge in [-0.05, 0) is 67.1 Å². The van der Waals surface area contributed by atoms with Gasteiger partial charge in [-0.15, -0.1) is 0 Å². The smallest absolute Gasteiger partial charge is 0.281 e. The Kier molecular flexibility index (Phi) is 6.51. The highest BCUT2D eigenvalue weighted by molar-refractivity contribution is 7.90. The van der Waals surface area contributed by atoms with Gasteiger partial charge in [0.15, 0.2) is 5.03 Å². The molecule has 1 amide bonds. The molecule has 3 aromatic rings. The molecule has 174 valence electrons. The highest BCUT2D eigenvalue weighted by Gasteiger charge is 2.25. The largest absolute Gasteiger partial charge is 0.456 e. The predicted molar refractivity (Wildman–Crippen MR) is 129 cm³/mol. The normalized spacial score (nSPS) is 11.8. The van der Waals surface area contributed by atoms with Crippen molar-refractivity contribution < 1.29 is 17.9 Å². The summed E-state index contributed by atoms with van der Waals surface area (Å²) in [4.78, 5) is 16.9. The fraction of sp³-hybridized carbons (Fsp3) is 0.280. The molecule has 7 nitrogen and oxygen atoms in total. The van der Waals surface area contributed by atoms with Crippen LogP contribution >= 0.6 is 0 Å². The number of sulfonamides is 1. The summed E-state index contributed by atoms with van der Waals surface area (Å²) in [6.07, 6.45) is 0. The number of hydrogen-bond donors (Lipinski definition) is 2. The minimum atomic E-state index is -4.23. The molecule has 0 saturated carbocycles. The number of nitrogen functional groups attached to an aromatic ring is 1. The van der Waals surface area contributed by atoms with Crippen LogP contribution in [-0.4, -0.2) is 19.3 Å². The van der Waals surface area contributed by atoms with Gasteiger partial charge in [-0.3, -0.25) is 4.79 Å². The van der Waals surface area contributed by atoms with E-state index in [1.54, 1.807) is 18.2 Å². The van der Waals surface area contributed by atoms with E-state index in [-0.39, 0.29) is 27.6 Å². The van der Waals surface area contributed by atoms with E-state index in [1.807, 2.05) is 53.7 Å². The Morgan fingerprint density at radius 2 is 1.64 bits per heavy atom. The Labute approximate surface area is 195 Å². The number of anilines is 1. The van der Waals surface area contributed by atoms with Crippen molar-refractivity contribution in [2.45, 2.75) is 52.0 Å². The van der Waals surface area contributed by atoms with Crippen molar-refractivity contribution in [2.24, 2.45) is 0 Å². The summed E-state index contributed by atoms with van der Waals surface area (Å²) in [5.74, 6) is 0.109. The third-order valence-corrected chi connectivity index (χ3v) is 6.39. The quantitative estimate of drug-likeness (QED) is 0.558. The maximum absolute atomic E-state index is 13.1. The fourth-order valence-corrected chi connectivity index (χ4v) is 4.45. The molecule has 0 bridgehead atoms. The number of pyridine rings is 1. The molecule has 2 aromatic carbocycles. The molecule has 0 aliphatic carbocycles. The highest BCUT2D eigenvalue weighted by atomic mass is 32.2. The average molecular weight is 468 g/mol. The average Bonchev–Trinajstić information content (AvgIpc) is 2.69. The van der Waals surface area contributed by atoms with E-state index in [4.69, 9.17) is 10.5 Å². The molecule has 3 rings (SSSR count). The van der Waals surface area contributed by atoms with Crippen LogP contribution in [0.4, 0.5) is 5.82 Å². The van der Waals surface area contributed by atoms with Gasteiger partial charge in [0.1, 0.15) is 17.3 Å². The SMILES string of the molecule is Cc1cc(C)c(Oc2cc(C(C)(C)C)ccc2C(=O)NS(=O)(=O)c2cccc(N)n2)c(C)c1. The Hall–Kier alpha value is -3.39. The third-order valence-electron chi connectivity index (χ3n) is 5.16. The summed E-state index contributed by atoms with van der Waals surface area (Å²) in [5, 5.41) is -0.338. The number of aryl methyl sites for hydroxylation is 3. The van der Waals surface area contributed by atoms with Crippen LogP contribution in [0.1, 0.15) is 53.4 Å². The lowest BCUT2D eigenvalue weighted by Gasteiger charge is -2.22. The van der Waals surface area contributed by atoms with E-state index in [2.05, 4.69) is 9.71 Å². The van der Waals surface area contributed by atoms with Crippen LogP contribution < -0.4 is 15.2 Å². The number of amides is 1. The molecule has 0 fully saturated rings. The molecule has 0 radical (unpaired) electrons. The molecule has 0 aliphatic rings. The molecule has 0 aliphatic heterocycles. The van der Waals surface area contributed by atoms with E-state index in [9.17, 15) is 13.2 Å². The number of carbonyl (C=O) groups is 1. The maximum Gasteiger partial charge on any atom is 0.281 e. The summed E-state index contributed by atoms with van der Waals surface area (Å²) >= 11 is 0. The van der Waals surface area contributed by atoms with Crippen LogP contribution in [0.5, 0.6) is 11.5 Å². The van der Waals surface area contributed by atoms with Crippen LogP contribution in [0.2, 0.25) is 0 Å². The fourth-order valence-electron chi connectivity index (χ4n) is 3.51. The summed E-state index contributed by atoms with van der Waals surface area (Å²) in [7, 11) is -4.23. The lowest BCUT2D eigenvalue weighted by molar-refractivity contribution is 0.0979. The molecule has 33 heavy (non-hydrogen) atoms. The van der Waals surface area contributed by atoms with Gasteiger partial charge in [0.05, 0.1) is 5.56 Å². The molecule has 0 unspecified atom stereocenters. The molecule has 0 atom stereocenters. The first kappa shape index (κ1) is 24.3. The Morgan fingerprint density at radius 1 is 1.00 bits per heavy atom. The first-order chi connectivity index (χ1) is 15.3. The van der Waals surface area contributed by atoms with Crippen LogP contribution in [-0.2, 0) is 15.4 Å². The van der Waals surface area contributed by atoms with Gasteiger partial charge in [0.25, 0.3) is 15.9 Å². The minimum absolute atomic E-state index is 0.0363. The second-order valence-electron chi connectivity index (χ2n) is 9.13. The van der Waals surface area contributed by atoms with E-state index < -0.39 is 15.9 Å². The summed E-state index contributed by atoms with van der Waals surface area (Å²) in [5.41, 5.74) is 9.35. The molecule has 8 heteroatoms. The number of benzene rings is 2. The van der Waals surface area contributed by atoms with Gasteiger partial charge in [-0.1, -0.05) is 50.6 Å². The highest BCUT2D eigenvalue weighted by Crippen LogP contribution is 2.35. The van der Waals surface area contributed by atoms with E-state index in [0.29, 0.717) is 5.75 Å². The van der Waals surface area contributed by atoms with Gasteiger partial charge in [-0.2, -0.15) is 8.42 Å². The molecular formula is C25H29N3O4S. The van der Waals surface area contributed by atoms with Crippen molar-refractivity contribution in [1.29, 1.82) is 0 Å². The second kappa shape index (κ2) is 8.86. The van der Waals surface area contributed by atoms with Crippen LogP contribution in [0.25, 0.3) is 0 Å². The summed E-state index contributed by atoms with van der Waals surface area (Å²) in [6, 6.07) is 13.3. The van der Waals surface area contributed by atoms with Crippen molar-refractivity contribution in [1.82, 2.24) is 9.71 Å². The number of aromatic nitrogens is 1. The van der Waals surface area contributed by atoms with Gasteiger partial charge < -0.3 is 10.5 Å². The zero-order valence-electron chi connectivity index (χ0n) is 19.7. The lowest BCUT2D eigenvalue weighted by Crippen LogP contribution is -2.31.